The van der Waals surface area contributed by atoms with Gasteiger partial charge in [-0.15, -0.1) is 0 Å². The van der Waals surface area contributed by atoms with Crippen LogP contribution in [0, 0.1) is 0 Å². The summed E-state index contributed by atoms with van der Waals surface area (Å²) in [6.45, 7) is 0. The second-order valence-electron chi connectivity index (χ2n) is 13.3. The molecule has 0 saturated carbocycles. The lowest BCUT2D eigenvalue weighted by Gasteiger charge is -2.12. The highest BCUT2D eigenvalue weighted by atomic mass is 15.0. The fourth-order valence-electron chi connectivity index (χ4n) is 7.23. The molecular weight excluding hydrogens is 659 g/mol. The maximum Gasteiger partial charge on any atom is 0.164 e. The molecule has 54 heavy (non-hydrogen) atoms. The lowest BCUT2D eigenvalue weighted by atomic mass is 10.0. The molecule has 0 atom stereocenters. The van der Waals surface area contributed by atoms with E-state index in [-0.39, 0.29) is 0 Å². The summed E-state index contributed by atoms with van der Waals surface area (Å²) < 4.78 is 0. The van der Waals surface area contributed by atoms with Crippen LogP contribution in [-0.4, -0.2) is 24.9 Å². The molecule has 0 N–H and O–H groups in total. The predicted octanol–water partition coefficient (Wildman–Crippen LogP) is 12.1. The molecule has 2 aromatic heterocycles. The average Bonchev–Trinajstić information content (AvgIpc) is 3.26. The van der Waals surface area contributed by atoms with Gasteiger partial charge in [-0.3, -0.25) is 0 Å². The van der Waals surface area contributed by atoms with Crippen LogP contribution in [-0.2, 0) is 0 Å². The van der Waals surface area contributed by atoms with Crippen molar-refractivity contribution in [1.82, 2.24) is 24.9 Å². The SMILES string of the molecule is c1ccc(-c2nc3ccc(-c4ccc(-c5nc(-c6cccc7ccccc67)nc(-c6cccc7ccccc67)n5)cc4)cc3nc2-c2ccccc2)cc1. The third-order valence-electron chi connectivity index (χ3n) is 9.93. The number of benzene rings is 8. The Bertz CT molecular complexity index is 2870. The van der Waals surface area contributed by atoms with E-state index in [1.165, 1.54) is 0 Å². The third-order valence-corrected chi connectivity index (χ3v) is 9.93. The first kappa shape index (κ1) is 31.4. The van der Waals surface area contributed by atoms with Gasteiger partial charge in [0.25, 0.3) is 0 Å². The van der Waals surface area contributed by atoms with Gasteiger partial charge in [-0.2, -0.15) is 0 Å². The molecule has 252 valence electrons. The van der Waals surface area contributed by atoms with Crippen LogP contribution in [0.25, 0.3) is 100 Å². The standard InChI is InChI=1S/C49H31N5/c1-3-15-35(16-4-1)45-46(36-17-5-2-6-18-36)51-44-31-38(29-30-43(44)50-45)32-25-27-37(28-26-32)47-52-48(41-23-11-19-33-13-7-9-21-39(33)41)54-49(53-47)42-24-12-20-34-14-8-10-22-40(34)42/h1-31H. The molecule has 0 spiro atoms. The highest BCUT2D eigenvalue weighted by molar-refractivity contribution is 5.97. The number of aromatic nitrogens is 5. The summed E-state index contributed by atoms with van der Waals surface area (Å²) >= 11 is 0. The maximum absolute atomic E-state index is 5.20. The lowest BCUT2D eigenvalue weighted by Crippen LogP contribution is -2.01. The summed E-state index contributed by atoms with van der Waals surface area (Å²) in [5.41, 5.74) is 10.5. The fourth-order valence-corrected chi connectivity index (χ4v) is 7.23. The van der Waals surface area contributed by atoms with Crippen LogP contribution in [0.3, 0.4) is 0 Å². The van der Waals surface area contributed by atoms with Crippen LogP contribution in [0.2, 0.25) is 0 Å². The minimum atomic E-state index is 0.618. The van der Waals surface area contributed by atoms with Gasteiger partial charge < -0.3 is 0 Å². The molecule has 0 bridgehead atoms. The molecule has 5 heteroatoms. The Balaban J connectivity index is 1.08. The number of fused-ring (bicyclic) bond motifs is 3. The minimum absolute atomic E-state index is 0.618. The van der Waals surface area contributed by atoms with Gasteiger partial charge in [-0.05, 0) is 44.8 Å². The summed E-state index contributed by atoms with van der Waals surface area (Å²) in [5.74, 6) is 1.90. The largest absolute Gasteiger partial charge is 0.244 e. The zero-order valence-electron chi connectivity index (χ0n) is 29.1. The van der Waals surface area contributed by atoms with Gasteiger partial charge in [0.1, 0.15) is 0 Å². The van der Waals surface area contributed by atoms with Crippen molar-refractivity contribution in [3.05, 3.63) is 188 Å². The normalized spacial score (nSPS) is 11.3. The Kier molecular flexibility index (Phi) is 7.73. The minimum Gasteiger partial charge on any atom is -0.244 e. The summed E-state index contributed by atoms with van der Waals surface area (Å²) in [4.78, 5) is 25.7. The number of nitrogens with zero attached hydrogens (tertiary/aromatic N) is 5. The molecule has 10 aromatic rings. The highest BCUT2D eigenvalue weighted by Crippen LogP contribution is 2.35. The Morgan fingerprint density at radius 2 is 0.704 bits per heavy atom. The van der Waals surface area contributed by atoms with Crippen LogP contribution in [0.15, 0.2) is 188 Å². The van der Waals surface area contributed by atoms with Crippen molar-refractivity contribution < 1.29 is 0 Å². The van der Waals surface area contributed by atoms with Crippen LogP contribution in [0.5, 0.6) is 0 Å². The van der Waals surface area contributed by atoms with Crippen LogP contribution in [0.4, 0.5) is 0 Å². The third kappa shape index (κ3) is 5.74. The topological polar surface area (TPSA) is 64.5 Å². The van der Waals surface area contributed by atoms with Crippen molar-refractivity contribution in [2.45, 2.75) is 0 Å². The molecule has 0 amide bonds. The van der Waals surface area contributed by atoms with E-state index in [1.807, 2.05) is 36.4 Å². The van der Waals surface area contributed by atoms with Gasteiger partial charge in [0.15, 0.2) is 17.5 Å². The smallest absolute Gasteiger partial charge is 0.164 e. The van der Waals surface area contributed by atoms with E-state index in [2.05, 4.69) is 152 Å². The first-order chi connectivity index (χ1) is 26.7. The predicted molar refractivity (Wildman–Crippen MR) is 221 cm³/mol. The van der Waals surface area contributed by atoms with Crippen LogP contribution in [0.1, 0.15) is 0 Å². The van der Waals surface area contributed by atoms with Gasteiger partial charge in [0.2, 0.25) is 0 Å². The molecule has 5 nitrogen and oxygen atoms in total. The molecule has 0 aliphatic rings. The van der Waals surface area contributed by atoms with E-state index in [4.69, 9.17) is 24.9 Å². The van der Waals surface area contributed by atoms with E-state index in [0.29, 0.717) is 17.5 Å². The monoisotopic (exact) mass is 689 g/mol. The molecule has 0 aliphatic heterocycles. The Morgan fingerprint density at radius 1 is 0.259 bits per heavy atom. The van der Waals surface area contributed by atoms with Crippen molar-refractivity contribution >= 4 is 32.6 Å². The quantitative estimate of drug-likeness (QED) is 0.174. The van der Waals surface area contributed by atoms with Gasteiger partial charge in [0, 0.05) is 27.8 Å². The van der Waals surface area contributed by atoms with Gasteiger partial charge >= 0.3 is 0 Å². The average molecular weight is 690 g/mol. The van der Waals surface area contributed by atoms with Crippen molar-refractivity contribution in [3.63, 3.8) is 0 Å². The summed E-state index contributed by atoms with van der Waals surface area (Å²) in [6, 6.07) is 64.5. The lowest BCUT2D eigenvalue weighted by molar-refractivity contribution is 1.08. The molecule has 0 unspecified atom stereocenters. The summed E-state index contributed by atoms with van der Waals surface area (Å²) in [6.07, 6.45) is 0. The molecule has 0 radical (unpaired) electrons. The maximum atomic E-state index is 5.20. The van der Waals surface area contributed by atoms with E-state index in [1.54, 1.807) is 0 Å². The second-order valence-corrected chi connectivity index (χ2v) is 13.3. The number of hydrogen-bond acceptors (Lipinski definition) is 5. The van der Waals surface area contributed by atoms with Crippen LogP contribution < -0.4 is 0 Å². The van der Waals surface area contributed by atoms with E-state index < -0.39 is 0 Å². The number of hydrogen-bond donors (Lipinski definition) is 0. The van der Waals surface area contributed by atoms with E-state index >= 15 is 0 Å². The fraction of sp³-hybridized carbons (Fsp3) is 0. The van der Waals surface area contributed by atoms with Crippen molar-refractivity contribution in [2.75, 3.05) is 0 Å². The number of rotatable bonds is 6. The molecule has 8 aromatic carbocycles. The van der Waals surface area contributed by atoms with Crippen molar-refractivity contribution in [2.24, 2.45) is 0 Å². The zero-order chi connectivity index (χ0) is 35.8. The molecule has 0 aliphatic carbocycles. The first-order valence-corrected chi connectivity index (χ1v) is 18.0. The van der Waals surface area contributed by atoms with Gasteiger partial charge in [0.05, 0.1) is 22.4 Å². The van der Waals surface area contributed by atoms with E-state index in [0.717, 1.165) is 82.9 Å². The Hall–Kier alpha value is -7.37. The Labute approximate surface area is 312 Å². The summed E-state index contributed by atoms with van der Waals surface area (Å²) in [5, 5.41) is 4.48. The molecular formula is C49H31N5. The van der Waals surface area contributed by atoms with E-state index in [9.17, 15) is 0 Å². The second kappa shape index (κ2) is 13.3. The molecule has 0 saturated heterocycles. The van der Waals surface area contributed by atoms with Gasteiger partial charge in [-0.1, -0.05) is 176 Å². The molecule has 2 heterocycles. The van der Waals surface area contributed by atoms with Crippen molar-refractivity contribution in [3.8, 4) is 67.8 Å². The van der Waals surface area contributed by atoms with Crippen LogP contribution >= 0.6 is 0 Å². The van der Waals surface area contributed by atoms with Gasteiger partial charge in [-0.25, -0.2) is 24.9 Å². The summed E-state index contributed by atoms with van der Waals surface area (Å²) in [7, 11) is 0. The zero-order valence-corrected chi connectivity index (χ0v) is 29.1. The highest BCUT2D eigenvalue weighted by Gasteiger charge is 2.17. The molecule has 10 rings (SSSR count). The van der Waals surface area contributed by atoms with Crippen molar-refractivity contribution in [1.29, 1.82) is 0 Å². The molecule has 0 fully saturated rings. The Morgan fingerprint density at radius 3 is 1.28 bits per heavy atom. The first-order valence-electron chi connectivity index (χ1n) is 18.0.